The van der Waals surface area contributed by atoms with Gasteiger partial charge in [-0.1, -0.05) is 5.92 Å². The molecule has 1 saturated heterocycles. The third kappa shape index (κ3) is 26.9. The topological polar surface area (TPSA) is 149 Å². The van der Waals surface area contributed by atoms with E-state index in [0.29, 0.717) is 91.9 Å². The van der Waals surface area contributed by atoms with Crippen LogP contribution in [-0.2, 0) is 47.6 Å². The van der Waals surface area contributed by atoms with Crippen LogP contribution < -0.4 is 5.32 Å². The van der Waals surface area contributed by atoms with Gasteiger partial charge in [-0.3, -0.25) is 38.8 Å². The average Bonchev–Trinajstić information content (AvgIpc) is 2.98. The van der Waals surface area contributed by atoms with E-state index in [9.17, 15) is 19.2 Å². The molecule has 1 aliphatic rings. The van der Waals surface area contributed by atoms with Crippen molar-refractivity contribution in [1.82, 2.24) is 24.9 Å². The predicted octanol–water partition coefficient (Wildman–Crippen LogP) is 1.03. The number of terminal acetylenes is 1. The Balaban J connectivity index is 2.99. The first kappa shape index (κ1) is 47.2. The van der Waals surface area contributed by atoms with Gasteiger partial charge in [0.15, 0.2) is 0 Å². The number of nitrogens with one attached hydrogen (secondary N) is 1. The standard InChI is InChI=1S/C37H67N5O10/c1-11-21-47-23-25-49-26-24-48-22-12-38-31(43)27-39-13-15-40(28-32(44)50-35(2,3)4)17-19-42(30-34(46)52-37(8,9)10)20-18-41(16-14-39)29-33(45)51-36(5,6)7/h1H,12-30H2,2-10H3,(H,38,43). The fourth-order valence-electron chi connectivity index (χ4n) is 4.97. The van der Waals surface area contributed by atoms with E-state index in [-0.39, 0.29) is 56.6 Å². The van der Waals surface area contributed by atoms with Crippen LogP contribution in [0.25, 0.3) is 0 Å². The number of carbonyl (C=O) groups is 4. The van der Waals surface area contributed by atoms with E-state index in [1.807, 2.05) is 81.9 Å². The normalized spacial score (nSPS) is 16.6. The number of nitrogens with zero attached hydrogens (tertiary/aromatic N) is 4. The van der Waals surface area contributed by atoms with Gasteiger partial charge in [0.05, 0.1) is 59.2 Å². The third-order valence-electron chi connectivity index (χ3n) is 7.11. The summed E-state index contributed by atoms with van der Waals surface area (Å²) in [5.41, 5.74) is -1.91. The zero-order valence-electron chi connectivity index (χ0n) is 33.4. The lowest BCUT2D eigenvalue weighted by Gasteiger charge is -2.34. The molecule has 1 N–H and O–H groups in total. The molecule has 300 valence electrons. The number of esters is 3. The Morgan fingerprint density at radius 3 is 1.15 bits per heavy atom. The second-order valence-electron chi connectivity index (χ2n) is 15.7. The van der Waals surface area contributed by atoms with E-state index >= 15 is 0 Å². The maximum Gasteiger partial charge on any atom is 0.320 e. The van der Waals surface area contributed by atoms with Crippen molar-refractivity contribution in [3.63, 3.8) is 0 Å². The van der Waals surface area contributed by atoms with Crippen LogP contribution in [0.3, 0.4) is 0 Å². The fourth-order valence-corrected chi connectivity index (χ4v) is 4.97. The maximum absolute atomic E-state index is 13.0. The summed E-state index contributed by atoms with van der Waals surface area (Å²) in [6, 6.07) is 0. The monoisotopic (exact) mass is 741 g/mol. The number of hydrogen-bond acceptors (Lipinski definition) is 14. The van der Waals surface area contributed by atoms with Gasteiger partial charge in [0.2, 0.25) is 5.91 Å². The molecule has 0 saturated carbocycles. The van der Waals surface area contributed by atoms with Crippen molar-refractivity contribution >= 4 is 23.8 Å². The predicted molar refractivity (Wildman–Crippen MR) is 198 cm³/mol. The molecule has 1 amide bonds. The minimum Gasteiger partial charge on any atom is -0.459 e. The summed E-state index contributed by atoms with van der Waals surface area (Å²) in [6.45, 7) is 23.0. The van der Waals surface area contributed by atoms with E-state index in [4.69, 9.17) is 34.8 Å². The van der Waals surface area contributed by atoms with Crippen LogP contribution in [0.4, 0.5) is 0 Å². The average molecular weight is 742 g/mol. The fraction of sp³-hybridized carbons (Fsp3) is 0.838. The summed E-state index contributed by atoms with van der Waals surface area (Å²) in [4.78, 5) is 59.7. The molecule has 52 heavy (non-hydrogen) atoms. The Morgan fingerprint density at radius 2 is 0.827 bits per heavy atom. The van der Waals surface area contributed by atoms with Gasteiger partial charge in [-0.15, -0.1) is 6.42 Å². The summed E-state index contributed by atoms with van der Waals surface area (Å²) in [6.07, 6.45) is 5.14. The van der Waals surface area contributed by atoms with Crippen LogP contribution >= 0.6 is 0 Å². The van der Waals surface area contributed by atoms with Crippen LogP contribution in [0.5, 0.6) is 0 Å². The first-order chi connectivity index (χ1) is 24.2. The second kappa shape index (κ2) is 24.5. The lowest BCUT2D eigenvalue weighted by atomic mass is 10.2. The van der Waals surface area contributed by atoms with Gasteiger partial charge < -0.3 is 33.7 Å². The van der Waals surface area contributed by atoms with Crippen molar-refractivity contribution < 1.29 is 47.6 Å². The zero-order chi connectivity index (χ0) is 39.2. The van der Waals surface area contributed by atoms with Crippen molar-refractivity contribution in [2.45, 2.75) is 79.1 Å². The molecular weight excluding hydrogens is 674 g/mol. The van der Waals surface area contributed by atoms with Crippen molar-refractivity contribution in [2.24, 2.45) is 0 Å². The lowest BCUT2D eigenvalue weighted by molar-refractivity contribution is -0.158. The summed E-state index contributed by atoms with van der Waals surface area (Å²) < 4.78 is 33.0. The molecule has 0 aromatic carbocycles. The number of rotatable bonds is 18. The minimum absolute atomic E-state index is 0.0569. The highest BCUT2D eigenvalue weighted by atomic mass is 16.6. The molecule has 0 radical (unpaired) electrons. The van der Waals surface area contributed by atoms with Crippen LogP contribution in [0.15, 0.2) is 0 Å². The summed E-state index contributed by atoms with van der Waals surface area (Å²) in [5.74, 6) is 1.17. The van der Waals surface area contributed by atoms with Crippen LogP contribution in [0.1, 0.15) is 62.3 Å². The molecule has 0 aromatic heterocycles. The van der Waals surface area contributed by atoms with Gasteiger partial charge in [-0.2, -0.15) is 0 Å². The quantitative estimate of drug-likeness (QED) is 0.0923. The molecule has 0 spiro atoms. The van der Waals surface area contributed by atoms with E-state index < -0.39 is 16.8 Å². The molecule has 0 atom stereocenters. The highest BCUT2D eigenvalue weighted by Crippen LogP contribution is 2.11. The van der Waals surface area contributed by atoms with Gasteiger partial charge in [0, 0.05) is 58.9 Å². The zero-order valence-corrected chi connectivity index (χ0v) is 33.4. The van der Waals surface area contributed by atoms with Crippen molar-refractivity contribution in [3.05, 3.63) is 0 Å². The van der Waals surface area contributed by atoms with E-state index in [0.717, 1.165) is 0 Å². The number of ether oxygens (including phenoxy) is 6. The summed E-state index contributed by atoms with van der Waals surface area (Å²) in [7, 11) is 0. The lowest BCUT2D eigenvalue weighted by Crippen LogP contribution is -2.50. The molecule has 0 aliphatic carbocycles. The number of carbonyl (C=O) groups excluding carboxylic acids is 4. The van der Waals surface area contributed by atoms with Crippen LogP contribution in [0.2, 0.25) is 0 Å². The van der Waals surface area contributed by atoms with Gasteiger partial charge in [0.1, 0.15) is 23.4 Å². The Labute approximate surface area is 312 Å². The third-order valence-corrected chi connectivity index (χ3v) is 7.11. The molecule has 15 nitrogen and oxygen atoms in total. The molecule has 15 heteroatoms. The second-order valence-corrected chi connectivity index (χ2v) is 15.7. The number of hydrogen-bond donors (Lipinski definition) is 1. The van der Waals surface area contributed by atoms with Crippen LogP contribution in [0, 0.1) is 12.3 Å². The molecular formula is C37H67N5O10. The minimum atomic E-state index is -0.637. The van der Waals surface area contributed by atoms with Gasteiger partial charge in [-0.05, 0) is 62.3 Å². The molecule has 1 aliphatic heterocycles. The first-order valence-corrected chi connectivity index (χ1v) is 18.2. The van der Waals surface area contributed by atoms with Gasteiger partial charge in [0.25, 0.3) is 0 Å². The smallest absolute Gasteiger partial charge is 0.320 e. The van der Waals surface area contributed by atoms with Crippen molar-refractivity contribution in [1.29, 1.82) is 0 Å². The Kier molecular flexibility index (Phi) is 22.2. The number of amides is 1. The molecule has 0 aromatic rings. The Hall–Kier alpha value is -2.84. The summed E-state index contributed by atoms with van der Waals surface area (Å²) >= 11 is 0. The molecule has 1 heterocycles. The largest absolute Gasteiger partial charge is 0.459 e. The highest BCUT2D eigenvalue weighted by molar-refractivity contribution is 5.78. The Morgan fingerprint density at radius 1 is 0.519 bits per heavy atom. The molecule has 1 rings (SSSR count). The highest BCUT2D eigenvalue weighted by Gasteiger charge is 2.26. The van der Waals surface area contributed by atoms with Gasteiger partial charge >= 0.3 is 17.9 Å². The SMILES string of the molecule is C#CCOCCOCCOCCNC(=O)CN1CCN(CC(=O)OC(C)(C)C)CCN(CC(=O)OC(C)(C)C)CCN(CC(=O)OC(C)(C)C)CC1. The molecule has 0 bridgehead atoms. The van der Waals surface area contributed by atoms with Crippen molar-refractivity contribution in [3.8, 4) is 12.3 Å². The van der Waals surface area contributed by atoms with Crippen LogP contribution in [-0.4, -0.2) is 185 Å². The van der Waals surface area contributed by atoms with Gasteiger partial charge in [-0.25, -0.2) is 0 Å². The summed E-state index contributed by atoms with van der Waals surface area (Å²) in [5, 5.41) is 2.91. The Bertz CT molecular complexity index is 1060. The van der Waals surface area contributed by atoms with E-state index in [1.165, 1.54) is 0 Å². The first-order valence-electron chi connectivity index (χ1n) is 18.2. The molecule has 0 unspecified atom stereocenters. The maximum atomic E-state index is 13.0. The molecule has 1 fully saturated rings. The van der Waals surface area contributed by atoms with Crippen molar-refractivity contribution in [2.75, 3.05) is 125 Å². The van der Waals surface area contributed by atoms with E-state index in [2.05, 4.69) is 11.2 Å². The van der Waals surface area contributed by atoms with E-state index in [1.54, 1.807) is 0 Å².